The predicted molar refractivity (Wildman–Crippen MR) is 124 cm³/mol. The van der Waals surface area contributed by atoms with Crippen LogP contribution >= 0.6 is 12.4 Å². The van der Waals surface area contributed by atoms with Gasteiger partial charge in [0.15, 0.2) is 0 Å². The maximum absolute atomic E-state index is 13.5. The fraction of sp³-hybridized carbons (Fsp3) is 0.500. The third-order valence-electron chi connectivity index (χ3n) is 6.18. The Balaban J connectivity index is 0.00000272. The van der Waals surface area contributed by atoms with E-state index in [0.717, 1.165) is 55.6 Å². The molecule has 1 N–H and O–H groups in total. The molecule has 0 spiro atoms. The average molecular weight is 446 g/mol. The Morgan fingerprint density at radius 2 is 2.06 bits per heavy atom. The van der Waals surface area contributed by atoms with Gasteiger partial charge in [0.25, 0.3) is 11.5 Å². The zero-order valence-electron chi connectivity index (χ0n) is 18.3. The first-order valence-electron chi connectivity index (χ1n) is 10.9. The molecular weight excluding hydrogens is 414 g/mol. The number of piperidine rings is 1. The molecule has 1 unspecified atom stereocenters. The molecule has 4 rings (SSSR count). The van der Waals surface area contributed by atoms with Gasteiger partial charge >= 0.3 is 0 Å². The van der Waals surface area contributed by atoms with Crippen LogP contribution in [0.25, 0.3) is 0 Å². The van der Waals surface area contributed by atoms with E-state index in [1.165, 1.54) is 0 Å². The van der Waals surface area contributed by atoms with Gasteiger partial charge in [0.1, 0.15) is 11.3 Å². The molecule has 6 nitrogen and oxygen atoms in total. The van der Waals surface area contributed by atoms with Crippen LogP contribution in [-0.2, 0) is 13.1 Å². The summed E-state index contributed by atoms with van der Waals surface area (Å²) in [7, 11) is 1.64. The summed E-state index contributed by atoms with van der Waals surface area (Å²) in [5.74, 6) is 1.05. The van der Waals surface area contributed by atoms with Gasteiger partial charge in [-0.25, -0.2) is 0 Å². The van der Waals surface area contributed by atoms with Gasteiger partial charge in [-0.2, -0.15) is 0 Å². The second kappa shape index (κ2) is 10.3. The van der Waals surface area contributed by atoms with Crippen LogP contribution in [0.3, 0.4) is 0 Å². The van der Waals surface area contributed by atoms with Crippen LogP contribution in [-0.4, -0.2) is 41.6 Å². The maximum atomic E-state index is 13.5. The lowest BCUT2D eigenvalue weighted by molar-refractivity contribution is 0.0726. The van der Waals surface area contributed by atoms with Crippen molar-refractivity contribution in [2.24, 2.45) is 5.92 Å². The second-order valence-corrected chi connectivity index (χ2v) is 8.56. The lowest BCUT2D eigenvalue weighted by Gasteiger charge is -2.25. The number of aryl methyl sites for hydroxylation is 1. The summed E-state index contributed by atoms with van der Waals surface area (Å²) in [5.41, 5.74) is 1.91. The molecule has 1 saturated heterocycles. The Hall–Kier alpha value is -2.31. The number of aromatic nitrogens is 1. The van der Waals surface area contributed by atoms with Crippen molar-refractivity contribution in [1.29, 1.82) is 0 Å². The lowest BCUT2D eigenvalue weighted by atomic mass is 9.99. The Bertz CT molecular complexity index is 965. The first kappa shape index (κ1) is 23.4. The van der Waals surface area contributed by atoms with E-state index in [4.69, 9.17) is 4.74 Å². The van der Waals surface area contributed by atoms with Gasteiger partial charge in [-0.1, -0.05) is 12.1 Å². The first-order chi connectivity index (χ1) is 14.6. The predicted octanol–water partition coefficient (Wildman–Crippen LogP) is 3.39. The van der Waals surface area contributed by atoms with E-state index < -0.39 is 0 Å². The Morgan fingerprint density at radius 1 is 1.26 bits per heavy atom. The number of hydrogen-bond acceptors (Lipinski definition) is 4. The van der Waals surface area contributed by atoms with Crippen LogP contribution in [0.4, 0.5) is 0 Å². The van der Waals surface area contributed by atoms with Crippen molar-refractivity contribution in [2.75, 3.05) is 20.2 Å². The molecular formula is C24H32ClN3O3. The molecule has 0 bridgehead atoms. The van der Waals surface area contributed by atoms with Gasteiger partial charge in [0.2, 0.25) is 0 Å². The quantitative estimate of drug-likeness (QED) is 0.709. The Labute approximate surface area is 190 Å². The zero-order valence-corrected chi connectivity index (χ0v) is 19.1. The summed E-state index contributed by atoms with van der Waals surface area (Å²) in [4.78, 5) is 28.7. The zero-order chi connectivity index (χ0) is 21.1. The molecule has 1 aromatic heterocycles. The highest BCUT2D eigenvalue weighted by Gasteiger charge is 2.35. The number of halogens is 1. The van der Waals surface area contributed by atoms with E-state index in [0.29, 0.717) is 24.6 Å². The summed E-state index contributed by atoms with van der Waals surface area (Å²) in [5, 5.41) is 3.40. The molecule has 1 aliphatic heterocycles. The van der Waals surface area contributed by atoms with Crippen LogP contribution in [0.2, 0.25) is 0 Å². The summed E-state index contributed by atoms with van der Waals surface area (Å²) in [6.45, 7) is 4.97. The number of benzene rings is 1. The molecule has 2 aliphatic rings. The smallest absolute Gasteiger partial charge is 0.263 e. The highest BCUT2D eigenvalue weighted by Crippen LogP contribution is 2.30. The number of amides is 1. The van der Waals surface area contributed by atoms with E-state index in [-0.39, 0.29) is 29.9 Å². The summed E-state index contributed by atoms with van der Waals surface area (Å²) in [6.07, 6.45) is 6.06. The number of hydrogen-bond donors (Lipinski definition) is 1. The van der Waals surface area contributed by atoms with Gasteiger partial charge in [-0.3, -0.25) is 9.59 Å². The molecule has 0 radical (unpaired) electrons. The molecule has 1 amide bonds. The number of carbonyl (C=O) groups excluding carboxylic acids is 1. The van der Waals surface area contributed by atoms with E-state index in [1.54, 1.807) is 11.7 Å². The van der Waals surface area contributed by atoms with Crippen molar-refractivity contribution in [3.05, 3.63) is 63.6 Å². The van der Waals surface area contributed by atoms with Crippen molar-refractivity contribution < 1.29 is 9.53 Å². The van der Waals surface area contributed by atoms with Gasteiger partial charge in [-0.05, 0) is 80.9 Å². The third-order valence-corrected chi connectivity index (χ3v) is 6.18. The van der Waals surface area contributed by atoms with Crippen molar-refractivity contribution in [3.8, 4) is 5.75 Å². The van der Waals surface area contributed by atoms with Crippen LogP contribution in [0, 0.1) is 12.8 Å². The van der Waals surface area contributed by atoms with Crippen molar-refractivity contribution in [3.63, 3.8) is 0 Å². The van der Waals surface area contributed by atoms with Crippen LogP contribution < -0.4 is 15.6 Å². The van der Waals surface area contributed by atoms with Gasteiger partial charge < -0.3 is 19.5 Å². The third kappa shape index (κ3) is 5.49. The largest absolute Gasteiger partial charge is 0.497 e. The minimum absolute atomic E-state index is 0. The summed E-state index contributed by atoms with van der Waals surface area (Å²) in [6, 6.07) is 9.89. The van der Waals surface area contributed by atoms with E-state index in [9.17, 15) is 9.59 Å². The van der Waals surface area contributed by atoms with Gasteiger partial charge in [0.05, 0.1) is 7.11 Å². The number of methoxy groups -OCH3 is 1. The first-order valence-corrected chi connectivity index (χ1v) is 10.9. The summed E-state index contributed by atoms with van der Waals surface area (Å²) >= 11 is 0. The number of nitrogens with one attached hydrogen (secondary N) is 1. The fourth-order valence-electron chi connectivity index (χ4n) is 4.29. The van der Waals surface area contributed by atoms with Crippen molar-refractivity contribution >= 4 is 18.3 Å². The molecule has 168 valence electrons. The molecule has 2 fully saturated rings. The molecule has 31 heavy (non-hydrogen) atoms. The topological polar surface area (TPSA) is 63.6 Å². The van der Waals surface area contributed by atoms with Gasteiger partial charge in [-0.15, -0.1) is 12.4 Å². The second-order valence-electron chi connectivity index (χ2n) is 8.56. The van der Waals surface area contributed by atoms with Crippen LogP contribution in [0.1, 0.15) is 47.2 Å². The maximum Gasteiger partial charge on any atom is 0.263 e. The van der Waals surface area contributed by atoms with E-state index in [2.05, 4.69) is 5.32 Å². The monoisotopic (exact) mass is 445 g/mol. The molecule has 1 atom stereocenters. The number of rotatable bonds is 7. The normalized spacial score (nSPS) is 18.2. The standard InChI is InChI=1S/C24H31N3O3.ClH/c1-17-10-12-26(15-19-6-4-11-25-14-19)23(28)22(17)24(29)27(20-8-9-20)16-18-5-3-7-21(13-18)30-2;/h3,5,7,10,12-13,19-20,25H,4,6,8-9,11,14-16H2,1-2H3;1H. The van der Waals surface area contributed by atoms with Crippen molar-refractivity contribution in [1.82, 2.24) is 14.8 Å². The number of pyridine rings is 1. The lowest BCUT2D eigenvalue weighted by Crippen LogP contribution is -2.40. The van der Waals surface area contributed by atoms with E-state index >= 15 is 0 Å². The van der Waals surface area contributed by atoms with Gasteiger partial charge in [0, 0.05) is 25.3 Å². The average Bonchev–Trinajstić information content (AvgIpc) is 3.60. The Kier molecular flexibility index (Phi) is 7.79. The molecule has 1 aromatic carbocycles. The molecule has 2 aromatic rings. The fourth-order valence-corrected chi connectivity index (χ4v) is 4.29. The minimum atomic E-state index is -0.165. The van der Waals surface area contributed by atoms with E-state index in [1.807, 2.05) is 48.4 Å². The number of nitrogens with zero attached hydrogens (tertiary/aromatic N) is 2. The molecule has 1 saturated carbocycles. The number of ether oxygens (including phenoxy) is 1. The molecule has 7 heteroatoms. The molecule has 1 aliphatic carbocycles. The summed E-state index contributed by atoms with van der Waals surface area (Å²) < 4.78 is 7.05. The Morgan fingerprint density at radius 3 is 2.74 bits per heavy atom. The SMILES string of the molecule is COc1cccc(CN(C(=O)c2c(C)ccn(CC3CCCNC3)c2=O)C2CC2)c1.Cl. The van der Waals surface area contributed by atoms with Crippen LogP contribution in [0.15, 0.2) is 41.3 Å². The highest BCUT2D eigenvalue weighted by atomic mass is 35.5. The number of carbonyl (C=O) groups is 1. The highest BCUT2D eigenvalue weighted by molar-refractivity contribution is 5.95. The molecule has 2 heterocycles. The van der Waals surface area contributed by atoms with Crippen LogP contribution in [0.5, 0.6) is 5.75 Å². The van der Waals surface area contributed by atoms with Crippen molar-refractivity contribution in [2.45, 2.75) is 51.7 Å². The minimum Gasteiger partial charge on any atom is -0.497 e.